The number of rotatable bonds is 7. The average Bonchev–Trinajstić information content (AvgIpc) is 3.30. The first-order chi connectivity index (χ1) is 15.9. The first-order valence-corrected chi connectivity index (χ1v) is 11.6. The zero-order chi connectivity index (χ0) is 23.4. The second kappa shape index (κ2) is 10.2. The number of aromatic nitrogens is 2. The molecule has 7 heteroatoms. The number of nitrogens with two attached hydrogens (primary N) is 1. The summed E-state index contributed by atoms with van der Waals surface area (Å²) in [4.78, 5) is 23.0. The van der Waals surface area contributed by atoms with Crippen LogP contribution in [0.15, 0.2) is 48.8 Å². The maximum absolute atomic E-state index is 12.9. The van der Waals surface area contributed by atoms with Gasteiger partial charge in [-0.15, -0.1) is 0 Å². The van der Waals surface area contributed by atoms with Gasteiger partial charge in [0.05, 0.1) is 6.04 Å². The highest BCUT2D eigenvalue weighted by Crippen LogP contribution is 2.27. The molecule has 3 aromatic rings. The second-order valence-corrected chi connectivity index (χ2v) is 9.08. The number of aryl methyl sites for hydroxylation is 2. The molecule has 4 rings (SSSR count). The monoisotopic (exact) mass is 446 g/mol. The molecule has 2 aromatic heterocycles. The van der Waals surface area contributed by atoms with Crippen molar-refractivity contribution in [2.75, 3.05) is 32.0 Å². The number of likely N-dealkylation sites (tertiary alicyclic amines) is 1. The normalized spacial score (nSPS) is 15.9. The lowest BCUT2D eigenvalue weighted by molar-refractivity contribution is 0.0933. The first kappa shape index (κ1) is 23.0. The van der Waals surface area contributed by atoms with Crippen molar-refractivity contribution < 1.29 is 4.79 Å². The molecule has 5 N–H and O–H groups in total. The number of hydrogen-bond donors (Lipinski definition) is 4. The molecule has 0 saturated carbocycles. The minimum absolute atomic E-state index is 0.172. The molecule has 1 unspecified atom stereocenters. The molecule has 0 bridgehead atoms. The fourth-order valence-electron chi connectivity index (χ4n) is 4.36. The second-order valence-electron chi connectivity index (χ2n) is 9.08. The van der Waals surface area contributed by atoms with Gasteiger partial charge >= 0.3 is 0 Å². The number of nitrogens with one attached hydrogen (secondary N) is 3. The van der Waals surface area contributed by atoms with E-state index in [0.29, 0.717) is 18.3 Å². The fraction of sp³-hybridized carbons (Fsp3) is 0.385. The van der Waals surface area contributed by atoms with E-state index in [4.69, 9.17) is 5.73 Å². The van der Waals surface area contributed by atoms with Crippen molar-refractivity contribution in [2.45, 2.75) is 38.8 Å². The van der Waals surface area contributed by atoms with Crippen molar-refractivity contribution >= 4 is 11.7 Å². The van der Waals surface area contributed by atoms with E-state index in [1.807, 2.05) is 50.5 Å². The quantitative estimate of drug-likeness (QED) is 0.444. The highest BCUT2D eigenvalue weighted by Gasteiger charge is 2.19. The smallest absolute Gasteiger partial charge is 0.268 e. The van der Waals surface area contributed by atoms with E-state index in [1.165, 1.54) is 0 Å². The minimum atomic E-state index is -0.239. The van der Waals surface area contributed by atoms with E-state index >= 15 is 0 Å². The van der Waals surface area contributed by atoms with Crippen LogP contribution in [0.5, 0.6) is 0 Å². The van der Waals surface area contributed by atoms with Crippen molar-refractivity contribution in [1.82, 2.24) is 20.2 Å². The Balaban J connectivity index is 1.47. The summed E-state index contributed by atoms with van der Waals surface area (Å²) >= 11 is 0. The topological polar surface area (TPSA) is 99.1 Å². The molecule has 0 radical (unpaired) electrons. The number of aromatic amines is 1. The molecule has 33 heavy (non-hydrogen) atoms. The maximum Gasteiger partial charge on any atom is 0.268 e. The Morgan fingerprint density at radius 3 is 2.76 bits per heavy atom. The van der Waals surface area contributed by atoms with E-state index in [1.54, 1.807) is 0 Å². The van der Waals surface area contributed by atoms with Crippen LogP contribution in [0.2, 0.25) is 0 Å². The predicted molar refractivity (Wildman–Crippen MR) is 133 cm³/mol. The van der Waals surface area contributed by atoms with E-state index in [-0.39, 0.29) is 11.9 Å². The molecule has 1 aliphatic heterocycles. The first-order valence-electron chi connectivity index (χ1n) is 11.6. The number of piperidine rings is 1. The zero-order valence-electron chi connectivity index (χ0n) is 19.7. The van der Waals surface area contributed by atoms with Crippen molar-refractivity contribution in [3.8, 4) is 11.1 Å². The van der Waals surface area contributed by atoms with Gasteiger partial charge in [0.25, 0.3) is 5.91 Å². The average molecular weight is 447 g/mol. The van der Waals surface area contributed by atoms with Crippen LogP contribution >= 0.6 is 0 Å². The van der Waals surface area contributed by atoms with Gasteiger partial charge in [-0.1, -0.05) is 29.8 Å². The number of H-pyrrole nitrogens is 1. The number of anilines is 1. The van der Waals surface area contributed by atoms with Crippen LogP contribution in [0.3, 0.4) is 0 Å². The molecule has 1 fully saturated rings. The van der Waals surface area contributed by atoms with E-state index in [0.717, 1.165) is 59.6 Å². The molecule has 1 atom stereocenters. The summed E-state index contributed by atoms with van der Waals surface area (Å²) in [5, 5.41) is 6.63. The lowest BCUT2D eigenvalue weighted by atomic mass is 10.0. The van der Waals surface area contributed by atoms with Crippen molar-refractivity contribution in [2.24, 2.45) is 5.73 Å². The minimum Gasteiger partial charge on any atom is -0.367 e. The summed E-state index contributed by atoms with van der Waals surface area (Å²) < 4.78 is 0. The summed E-state index contributed by atoms with van der Waals surface area (Å²) in [6.07, 6.45) is 5.99. The third kappa shape index (κ3) is 5.61. The molecule has 1 aromatic carbocycles. The summed E-state index contributed by atoms with van der Waals surface area (Å²) in [5.74, 6) is 0.703. The number of carbonyl (C=O) groups is 1. The van der Waals surface area contributed by atoms with Crippen LogP contribution in [-0.2, 0) is 0 Å². The molecule has 174 valence electrons. The van der Waals surface area contributed by atoms with Crippen LogP contribution in [0.1, 0.15) is 46.1 Å². The van der Waals surface area contributed by atoms with Gasteiger partial charge in [0.15, 0.2) is 0 Å². The van der Waals surface area contributed by atoms with Gasteiger partial charge in [-0.25, -0.2) is 4.98 Å². The molecule has 7 nitrogen and oxygen atoms in total. The molecule has 1 saturated heterocycles. The number of nitrogens with zero attached hydrogens (tertiary/aromatic N) is 2. The van der Waals surface area contributed by atoms with Gasteiger partial charge in [-0.2, -0.15) is 0 Å². The van der Waals surface area contributed by atoms with Gasteiger partial charge in [0.1, 0.15) is 11.5 Å². The SMILES string of the molecule is Cc1cccc(C(CN)NC(=O)c2cc(-c3cc(NC4CCN(C)CC4)ncc3C)c[nH]2)c1. The molecule has 0 aliphatic carbocycles. The largest absolute Gasteiger partial charge is 0.367 e. The standard InChI is InChI=1S/C26H34N6O/c1-17-5-4-6-19(11-17)24(14-27)31-26(33)23-12-20(16-28-23)22-13-25(29-15-18(22)2)30-21-7-9-32(3)10-8-21/h4-6,11-13,15-16,21,24,28H,7-10,14,27H2,1-3H3,(H,29,30)(H,31,33). The number of hydrogen-bond acceptors (Lipinski definition) is 5. The maximum atomic E-state index is 12.9. The van der Waals surface area contributed by atoms with Gasteiger partial charge < -0.3 is 26.3 Å². The summed E-state index contributed by atoms with van der Waals surface area (Å²) in [6.45, 7) is 6.59. The summed E-state index contributed by atoms with van der Waals surface area (Å²) in [5.41, 5.74) is 11.7. The predicted octanol–water partition coefficient (Wildman–Crippen LogP) is 3.63. The van der Waals surface area contributed by atoms with E-state index in [9.17, 15) is 4.79 Å². The fourth-order valence-corrected chi connectivity index (χ4v) is 4.36. The van der Waals surface area contributed by atoms with Crippen LogP contribution in [0, 0.1) is 13.8 Å². The van der Waals surface area contributed by atoms with Crippen LogP contribution in [-0.4, -0.2) is 53.5 Å². The molecule has 1 amide bonds. The van der Waals surface area contributed by atoms with Crippen LogP contribution < -0.4 is 16.4 Å². The van der Waals surface area contributed by atoms with E-state index in [2.05, 4.69) is 44.7 Å². The Morgan fingerprint density at radius 2 is 2.03 bits per heavy atom. The zero-order valence-corrected chi connectivity index (χ0v) is 19.7. The van der Waals surface area contributed by atoms with Gasteiger partial charge in [-0.05, 0) is 75.6 Å². The van der Waals surface area contributed by atoms with Crippen molar-refractivity contribution in [3.63, 3.8) is 0 Å². The van der Waals surface area contributed by atoms with E-state index < -0.39 is 0 Å². The third-order valence-electron chi connectivity index (χ3n) is 6.40. The third-order valence-corrected chi connectivity index (χ3v) is 6.40. The molecule has 1 aliphatic rings. The van der Waals surface area contributed by atoms with Gasteiger partial charge in [-0.3, -0.25) is 4.79 Å². The number of carbonyl (C=O) groups excluding carboxylic acids is 1. The Labute approximate surface area is 195 Å². The lowest BCUT2D eigenvalue weighted by Crippen LogP contribution is -2.36. The number of pyridine rings is 1. The lowest BCUT2D eigenvalue weighted by Gasteiger charge is -2.29. The van der Waals surface area contributed by atoms with Gasteiger partial charge in [0.2, 0.25) is 0 Å². The number of amides is 1. The Hall–Kier alpha value is -3.16. The van der Waals surface area contributed by atoms with Gasteiger partial charge in [0, 0.05) is 30.5 Å². The highest BCUT2D eigenvalue weighted by molar-refractivity contribution is 5.94. The molecular weight excluding hydrogens is 412 g/mol. The number of benzene rings is 1. The van der Waals surface area contributed by atoms with Crippen LogP contribution in [0.4, 0.5) is 5.82 Å². The summed E-state index contributed by atoms with van der Waals surface area (Å²) in [6, 6.07) is 12.2. The highest BCUT2D eigenvalue weighted by atomic mass is 16.1. The molecule has 3 heterocycles. The Kier molecular flexibility index (Phi) is 7.11. The van der Waals surface area contributed by atoms with Crippen molar-refractivity contribution in [3.05, 3.63) is 71.2 Å². The Morgan fingerprint density at radius 1 is 1.24 bits per heavy atom. The van der Waals surface area contributed by atoms with Crippen LogP contribution in [0.25, 0.3) is 11.1 Å². The molecule has 0 spiro atoms. The van der Waals surface area contributed by atoms with Crippen molar-refractivity contribution in [1.29, 1.82) is 0 Å². The molecular formula is C26H34N6O. The Bertz CT molecular complexity index is 1100. The summed E-state index contributed by atoms with van der Waals surface area (Å²) in [7, 11) is 2.16.